The van der Waals surface area contributed by atoms with E-state index in [2.05, 4.69) is 15.0 Å². The molecule has 0 saturated heterocycles. The number of sulfonamides is 1. The molecule has 0 spiro atoms. The molecule has 11 nitrogen and oxygen atoms in total. The third kappa shape index (κ3) is 8.71. The number of nitrogens with one attached hydrogen (secondary N) is 2. The van der Waals surface area contributed by atoms with Gasteiger partial charge in [-0.25, -0.2) is 22.7 Å². The Morgan fingerprint density at radius 3 is 2.38 bits per heavy atom. The van der Waals surface area contributed by atoms with Crippen LogP contribution in [0.15, 0.2) is 64.5 Å². The smallest absolute Gasteiger partial charge is 0.407 e. The Morgan fingerprint density at radius 1 is 1.12 bits per heavy atom. The first kappa shape index (κ1) is 26.6. The lowest BCUT2D eigenvalue weighted by Gasteiger charge is -2.21. The molecule has 1 amide bonds. The molecule has 0 aliphatic heterocycles. The number of amides is 1. The minimum Gasteiger partial charge on any atom is -0.479 e. The topological polar surface area (TPSA) is 180 Å². The first-order chi connectivity index (χ1) is 16.1. The van der Waals surface area contributed by atoms with Crippen molar-refractivity contribution in [3.63, 3.8) is 0 Å². The fourth-order valence-corrected chi connectivity index (χ4v) is 3.81. The number of carbonyl (C=O) groups excluding carboxylic acids is 1. The first-order valence-corrected chi connectivity index (χ1v) is 11.8. The van der Waals surface area contributed by atoms with Crippen LogP contribution in [0.2, 0.25) is 0 Å². The van der Waals surface area contributed by atoms with Gasteiger partial charge in [-0.05, 0) is 37.5 Å². The van der Waals surface area contributed by atoms with E-state index in [4.69, 9.17) is 15.6 Å². The standard InChI is InChI=1S/C22H28N4O7S/c1-15-9-11-17(12-10-15)34(31,32)26-21(23)24-13-5-8-18(19(27)20(28)29)25-22(30)33-14-16-6-3-2-4-7-16/h2-4,6-7,9-12,18-19,27H,5,8,13-14H2,1H3,(H,25,30)(H,28,29)(H3,23,24,26)/t18-,19?/m0/s1. The lowest BCUT2D eigenvalue weighted by Crippen LogP contribution is -2.47. The maximum Gasteiger partial charge on any atom is 0.407 e. The summed E-state index contributed by atoms with van der Waals surface area (Å²) in [6.45, 7) is 1.82. The average molecular weight is 493 g/mol. The molecule has 0 heterocycles. The number of rotatable bonds is 11. The van der Waals surface area contributed by atoms with Crippen molar-refractivity contribution in [3.8, 4) is 0 Å². The number of aliphatic carboxylic acids is 1. The summed E-state index contributed by atoms with van der Waals surface area (Å²) in [7, 11) is -3.90. The molecule has 0 aliphatic carbocycles. The Balaban J connectivity index is 1.87. The number of nitrogens with zero attached hydrogens (tertiary/aromatic N) is 1. The van der Waals surface area contributed by atoms with Crippen LogP contribution in [0.3, 0.4) is 0 Å². The van der Waals surface area contributed by atoms with Gasteiger partial charge in [0.05, 0.1) is 10.9 Å². The molecule has 0 radical (unpaired) electrons. The molecule has 0 aliphatic rings. The highest BCUT2D eigenvalue weighted by molar-refractivity contribution is 7.90. The number of nitrogens with two attached hydrogens (primary N) is 1. The van der Waals surface area contributed by atoms with Gasteiger partial charge in [-0.3, -0.25) is 4.99 Å². The third-order valence-corrected chi connectivity index (χ3v) is 6.05. The summed E-state index contributed by atoms with van der Waals surface area (Å²) >= 11 is 0. The zero-order valence-corrected chi connectivity index (χ0v) is 19.4. The Kier molecular flexibility index (Phi) is 9.83. The summed E-state index contributed by atoms with van der Waals surface area (Å²) in [4.78, 5) is 27.2. The molecule has 2 atom stereocenters. The number of guanidine groups is 1. The number of carbonyl (C=O) groups is 2. The number of aliphatic imine (C=N–C) groups is 1. The van der Waals surface area contributed by atoms with Crippen LogP contribution in [0.1, 0.15) is 24.0 Å². The second-order valence-corrected chi connectivity index (χ2v) is 9.11. The van der Waals surface area contributed by atoms with Gasteiger partial charge in [0.1, 0.15) is 6.61 Å². The first-order valence-electron chi connectivity index (χ1n) is 10.4. The van der Waals surface area contributed by atoms with Crippen LogP contribution in [0, 0.1) is 6.92 Å². The van der Waals surface area contributed by atoms with Gasteiger partial charge in [-0.15, -0.1) is 0 Å². The van der Waals surface area contributed by atoms with Crippen molar-refractivity contribution in [3.05, 3.63) is 65.7 Å². The molecule has 0 saturated carbocycles. The predicted octanol–water partition coefficient (Wildman–Crippen LogP) is 1.11. The number of benzene rings is 2. The molecule has 2 rings (SSSR count). The average Bonchev–Trinajstić information content (AvgIpc) is 2.79. The molecule has 2 aromatic carbocycles. The fourth-order valence-electron chi connectivity index (χ4n) is 2.85. The van der Waals surface area contributed by atoms with Gasteiger partial charge >= 0.3 is 12.1 Å². The van der Waals surface area contributed by atoms with Gasteiger partial charge in [0.15, 0.2) is 6.10 Å². The van der Waals surface area contributed by atoms with Crippen LogP contribution in [0.4, 0.5) is 4.79 Å². The Hall–Kier alpha value is -3.64. The number of aliphatic hydroxyl groups is 1. The van der Waals surface area contributed by atoms with Crippen molar-refractivity contribution in [2.24, 2.45) is 10.7 Å². The maximum atomic E-state index is 12.3. The van der Waals surface area contributed by atoms with Crippen molar-refractivity contribution >= 4 is 28.0 Å². The highest BCUT2D eigenvalue weighted by atomic mass is 32.2. The summed E-state index contributed by atoms with van der Waals surface area (Å²) < 4.78 is 31.8. The van der Waals surface area contributed by atoms with Crippen molar-refractivity contribution in [2.45, 2.75) is 43.4 Å². The third-order valence-electron chi connectivity index (χ3n) is 4.68. The molecule has 184 valence electrons. The van der Waals surface area contributed by atoms with Gasteiger partial charge in [0.2, 0.25) is 5.96 Å². The summed E-state index contributed by atoms with van der Waals surface area (Å²) in [5.41, 5.74) is 7.29. The lowest BCUT2D eigenvalue weighted by atomic mass is 10.1. The van der Waals surface area contributed by atoms with E-state index in [1.54, 1.807) is 36.4 Å². The number of aliphatic hydroxyl groups excluding tert-OH is 1. The fraction of sp³-hybridized carbons (Fsp3) is 0.318. The second kappa shape index (κ2) is 12.6. The van der Waals surface area contributed by atoms with E-state index in [0.29, 0.717) is 0 Å². The van der Waals surface area contributed by atoms with Gasteiger partial charge in [0, 0.05) is 6.54 Å². The van der Waals surface area contributed by atoms with E-state index in [-0.39, 0.29) is 36.8 Å². The number of hydrogen-bond donors (Lipinski definition) is 5. The summed E-state index contributed by atoms with van der Waals surface area (Å²) in [6.07, 6.45) is -2.54. The molecule has 12 heteroatoms. The second-order valence-electron chi connectivity index (χ2n) is 7.42. The molecular formula is C22H28N4O7S. The molecule has 2 aromatic rings. The SMILES string of the molecule is Cc1ccc(S(=O)(=O)NC(N)=NCCC[C@H](NC(=O)OCc2ccccc2)C(O)C(=O)O)cc1. The van der Waals surface area contributed by atoms with E-state index in [9.17, 15) is 23.1 Å². The quantitative estimate of drug-likeness (QED) is 0.176. The molecule has 0 aromatic heterocycles. The largest absolute Gasteiger partial charge is 0.479 e. The summed E-state index contributed by atoms with van der Waals surface area (Å²) in [5.74, 6) is -1.85. The van der Waals surface area contributed by atoms with Gasteiger partial charge in [-0.2, -0.15) is 0 Å². The molecule has 1 unspecified atom stereocenters. The normalized spacial score (nSPS) is 13.5. The number of carboxylic acids is 1. The minimum absolute atomic E-state index is 0.0197. The van der Waals surface area contributed by atoms with Crippen molar-refractivity contribution in [1.82, 2.24) is 10.0 Å². The van der Waals surface area contributed by atoms with Crippen LogP contribution in [0.5, 0.6) is 0 Å². The highest BCUT2D eigenvalue weighted by Gasteiger charge is 2.27. The number of carboxylic acid groups (broad SMARTS) is 1. The molecular weight excluding hydrogens is 464 g/mol. The predicted molar refractivity (Wildman–Crippen MR) is 124 cm³/mol. The molecule has 0 fully saturated rings. The van der Waals surface area contributed by atoms with Crippen LogP contribution in [0.25, 0.3) is 0 Å². The highest BCUT2D eigenvalue weighted by Crippen LogP contribution is 2.10. The van der Waals surface area contributed by atoms with Gasteiger partial charge in [-0.1, -0.05) is 48.0 Å². The minimum atomic E-state index is -3.90. The van der Waals surface area contributed by atoms with E-state index < -0.39 is 34.2 Å². The van der Waals surface area contributed by atoms with Crippen LogP contribution in [-0.2, 0) is 26.2 Å². The molecule has 0 bridgehead atoms. The van der Waals surface area contributed by atoms with Crippen LogP contribution >= 0.6 is 0 Å². The van der Waals surface area contributed by atoms with E-state index in [1.807, 2.05) is 13.0 Å². The molecule has 34 heavy (non-hydrogen) atoms. The number of alkyl carbamates (subject to hydrolysis) is 1. The van der Waals surface area contributed by atoms with Crippen molar-refractivity contribution in [1.29, 1.82) is 0 Å². The van der Waals surface area contributed by atoms with E-state index in [0.717, 1.165) is 11.1 Å². The lowest BCUT2D eigenvalue weighted by molar-refractivity contribution is -0.148. The zero-order valence-electron chi connectivity index (χ0n) is 18.5. The number of hydrogen-bond acceptors (Lipinski definition) is 7. The molecule has 6 N–H and O–H groups in total. The Bertz CT molecular complexity index is 1090. The monoisotopic (exact) mass is 492 g/mol. The summed E-state index contributed by atoms with van der Waals surface area (Å²) in [5, 5.41) is 21.3. The summed E-state index contributed by atoms with van der Waals surface area (Å²) in [6, 6.07) is 13.9. The van der Waals surface area contributed by atoms with Gasteiger partial charge < -0.3 is 26.0 Å². The van der Waals surface area contributed by atoms with E-state index in [1.165, 1.54) is 12.1 Å². The Labute approximate surface area is 197 Å². The number of ether oxygens (including phenoxy) is 1. The Morgan fingerprint density at radius 2 is 1.76 bits per heavy atom. The maximum absolute atomic E-state index is 12.3. The van der Waals surface area contributed by atoms with Crippen LogP contribution in [-0.4, -0.2) is 55.3 Å². The zero-order chi connectivity index (χ0) is 25.1. The number of aryl methyl sites for hydroxylation is 1. The van der Waals surface area contributed by atoms with E-state index >= 15 is 0 Å². The van der Waals surface area contributed by atoms with Crippen molar-refractivity contribution < 1.29 is 33.0 Å². The van der Waals surface area contributed by atoms with Crippen LogP contribution < -0.4 is 15.8 Å². The van der Waals surface area contributed by atoms with Gasteiger partial charge in [0.25, 0.3) is 10.0 Å². The van der Waals surface area contributed by atoms with Crippen molar-refractivity contribution in [2.75, 3.05) is 6.54 Å².